The lowest BCUT2D eigenvalue weighted by atomic mass is 10.0. The summed E-state index contributed by atoms with van der Waals surface area (Å²) >= 11 is 6.56. The van der Waals surface area contributed by atoms with E-state index in [1.165, 1.54) is 11.3 Å². The average molecular weight is 373 g/mol. The molecule has 3 rings (SSSR count). The van der Waals surface area contributed by atoms with Crippen LogP contribution >= 0.6 is 23.6 Å². The molecule has 128 valence electrons. The molecule has 0 aliphatic carbocycles. The molecule has 1 aromatic heterocycles. The van der Waals surface area contributed by atoms with E-state index in [2.05, 4.69) is 10.2 Å². The number of allylic oxidation sites excluding steroid dienone is 1. The van der Waals surface area contributed by atoms with Crippen LogP contribution in [0.5, 0.6) is 5.88 Å². The molecule has 0 radical (unpaired) electrons. The van der Waals surface area contributed by atoms with Gasteiger partial charge in [-0.05, 0) is 24.7 Å². The van der Waals surface area contributed by atoms with Crippen molar-refractivity contribution in [3.8, 4) is 5.88 Å². The molecule has 0 amide bonds. The first-order chi connectivity index (χ1) is 12.1. The van der Waals surface area contributed by atoms with E-state index in [0.29, 0.717) is 21.8 Å². The number of aromatic nitrogens is 1. The molecule has 1 aliphatic rings. The van der Waals surface area contributed by atoms with Crippen molar-refractivity contribution in [2.75, 3.05) is 0 Å². The molecule has 8 heteroatoms. The smallest absolute Gasteiger partial charge is 0.303 e. The Bertz CT molecular complexity index is 940. The van der Waals surface area contributed by atoms with Crippen LogP contribution < -0.4 is 0 Å². The zero-order valence-electron chi connectivity index (χ0n) is 13.1. The maximum absolute atomic E-state index is 10.6. The van der Waals surface area contributed by atoms with Crippen molar-refractivity contribution in [1.29, 1.82) is 0 Å². The number of aromatic hydroxyl groups is 1. The molecule has 0 unspecified atom stereocenters. The standard InChI is InChI=1S/C17H15N3O3S2/c21-14(22)7-4-8-20-16(23)13(25-17(20)24)9-12-10-18-19-15(12)11-5-2-1-3-6-11/h1-3,5-6,9-10,23H,4,7-8H2,(H,21,22)/b12-9+. The van der Waals surface area contributed by atoms with Gasteiger partial charge in [0, 0.05) is 24.1 Å². The summed E-state index contributed by atoms with van der Waals surface area (Å²) in [7, 11) is 0. The number of carboxylic acid groups (broad SMARTS) is 1. The van der Waals surface area contributed by atoms with Gasteiger partial charge >= 0.3 is 5.97 Å². The fraction of sp³-hybridized carbons (Fsp3) is 0.176. The van der Waals surface area contributed by atoms with E-state index in [4.69, 9.17) is 17.3 Å². The molecule has 25 heavy (non-hydrogen) atoms. The SMILES string of the molecule is O=C(O)CCCn1c(O)c(/C=C2\C=NN=C2c2ccccc2)sc1=S. The van der Waals surface area contributed by atoms with Crippen LogP contribution in [0, 0.1) is 3.95 Å². The highest BCUT2D eigenvalue weighted by Crippen LogP contribution is 2.30. The van der Waals surface area contributed by atoms with E-state index in [1.807, 2.05) is 30.3 Å². The van der Waals surface area contributed by atoms with Gasteiger partial charge in [0.05, 0.1) is 11.1 Å². The van der Waals surface area contributed by atoms with Crippen molar-refractivity contribution in [3.63, 3.8) is 0 Å². The normalized spacial score (nSPS) is 14.9. The quantitative estimate of drug-likeness (QED) is 0.756. The molecular weight excluding hydrogens is 358 g/mol. The highest BCUT2D eigenvalue weighted by Gasteiger charge is 2.16. The minimum Gasteiger partial charge on any atom is -0.493 e. The Hall–Kier alpha value is -2.58. The molecule has 0 bridgehead atoms. The summed E-state index contributed by atoms with van der Waals surface area (Å²) in [6.07, 6.45) is 3.87. The summed E-state index contributed by atoms with van der Waals surface area (Å²) in [6, 6.07) is 9.67. The van der Waals surface area contributed by atoms with Gasteiger partial charge in [0.1, 0.15) is 5.71 Å². The third-order valence-corrected chi connectivity index (χ3v) is 5.01. The van der Waals surface area contributed by atoms with Crippen molar-refractivity contribution in [2.24, 2.45) is 10.2 Å². The summed E-state index contributed by atoms with van der Waals surface area (Å²) in [6.45, 7) is 0.365. The molecule has 0 fully saturated rings. The fourth-order valence-electron chi connectivity index (χ4n) is 2.43. The lowest BCUT2D eigenvalue weighted by Crippen LogP contribution is -2.02. The third-order valence-electron chi connectivity index (χ3n) is 3.63. The number of nitrogens with zero attached hydrogens (tertiary/aromatic N) is 3. The number of thiazole rings is 1. The van der Waals surface area contributed by atoms with Crippen LogP contribution in [0.3, 0.4) is 0 Å². The second-order valence-electron chi connectivity index (χ2n) is 5.36. The Morgan fingerprint density at radius 1 is 1.32 bits per heavy atom. The number of hydrogen-bond acceptors (Lipinski definition) is 6. The van der Waals surface area contributed by atoms with Gasteiger partial charge < -0.3 is 10.2 Å². The Labute approximate surface area is 153 Å². The lowest BCUT2D eigenvalue weighted by Gasteiger charge is -2.04. The molecule has 0 atom stereocenters. The minimum atomic E-state index is -0.866. The highest BCUT2D eigenvalue weighted by molar-refractivity contribution is 7.73. The number of rotatable bonds is 6. The van der Waals surface area contributed by atoms with E-state index in [1.54, 1.807) is 16.9 Å². The summed E-state index contributed by atoms with van der Waals surface area (Å²) in [4.78, 5) is 11.2. The second-order valence-corrected chi connectivity index (χ2v) is 7.04. The summed E-state index contributed by atoms with van der Waals surface area (Å²) < 4.78 is 2.06. The summed E-state index contributed by atoms with van der Waals surface area (Å²) in [5.74, 6) is -0.824. The predicted octanol–water partition coefficient (Wildman–Crippen LogP) is 3.72. The Balaban J connectivity index is 1.86. The average Bonchev–Trinajstić information content (AvgIpc) is 3.15. The number of aliphatic carboxylic acids is 1. The van der Waals surface area contributed by atoms with Crippen molar-refractivity contribution in [1.82, 2.24) is 4.57 Å². The van der Waals surface area contributed by atoms with Gasteiger partial charge in [0.25, 0.3) is 0 Å². The van der Waals surface area contributed by atoms with Gasteiger partial charge in [0.15, 0.2) is 3.95 Å². The first-order valence-corrected chi connectivity index (χ1v) is 8.81. The van der Waals surface area contributed by atoms with Crippen molar-refractivity contribution in [2.45, 2.75) is 19.4 Å². The van der Waals surface area contributed by atoms with Gasteiger partial charge in [0.2, 0.25) is 5.88 Å². The Morgan fingerprint density at radius 3 is 2.80 bits per heavy atom. The van der Waals surface area contributed by atoms with Crippen LogP contribution in [-0.2, 0) is 11.3 Å². The van der Waals surface area contributed by atoms with E-state index < -0.39 is 5.97 Å². The molecule has 6 nitrogen and oxygen atoms in total. The van der Waals surface area contributed by atoms with Crippen molar-refractivity contribution < 1.29 is 15.0 Å². The van der Waals surface area contributed by atoms with Gasteiger partial charge in [-0.2, -0.15) is 5.10 Å². The number of benzene rings is 1. The van der Waals surface area contributed by atoms with Gasteiger partial charge in [-0.15, -0.1) is 16.4 Å². The molecular formula is C17H15N3O3S2. The molecule has 2 aromatic rings. The van der Waals surface area contributed by atoms with Crippen LogP contribution in [0.25, 0.3) is 6.08 Å². The maximum Gasteiger partial charge on any atom is 0.303 e. The molecule has 1 aliphatic heterocycles. The Kier molecular flexibility index (Phi) is 5.20. The second kappa shape index (κ2) is 7.54. The van der Waals surface area contributed by atoms with E-state index in [-0.39, 0.29) is 12.3 Å². The van der Waals surface area contributed by atoms with E-state index >= 15 is 0 Å². The summed E-state index contributed by atoms with van der Waals surface area (Å²) in [5, 5.41) is 27.3. The minimum absolute atomic E-state index is 0.0327. The number of carbonyl (C=O) groups is 1. The van der Waals surface area contributed by atoms with E-state index in [0.717, 1.165) is 16.8 Å². The fourth-order valence-corrected chi connectivity index (χ4v) is 3.74. The molecule has 2 N–H and O–H groups in total. The third kappa shape index (κ3) is 3.92. The van der Waals surface area contributed by atoms with Crippen LogP contribution in [0.15, 0.2) is 46.1 Å². The van der Waals surface area contributed by atoms with Gasteiger partial charge in [-0.3, -0.25) is 9.36 Å². The summed E-state index contributed by atoms with van der Waals surface area (Å²) in [5.41, 5.74) is 2.46. The molecule has 0 spiro atoms. The number of carboxylic acids is 1. The first kappa shape index (κ1) is 17.2. The van der Waals surface area contributed by atoms with Crippen LogP contribution in [0.4, 0.5) is 0 Å². The maximum atomic E-state index is 10.6. The van der Waals surface area contributed by atoms with Crippen LogP contribution in [0.1, 0.15) is 23.3 Å². The number of hydrogen-bond donors (Lipinski definition) is 2. The van der Waals surface area contributed by atoms with Crippen LogP contribution in [-0.4, -0.2) is 32.7 Å². The first-order valence-electron chi connectivity index (χ1n) is 7.59. The topological polar surface area (TPSA) is 87.2 Å². The van der Waals surface area contributed by atoms with Crippen molar-refractivity contribution in [3.05, 3.63) is 50.3 Å². The molecule has 2 heterocycles. The molecule has 0 saturated heterocycles. The van der Waals surface area contributed by atoms with E-state index in [9.17, 15) is 9.90 Å². The van der Waals surface area contributed by atoms with Gasteiger partial charge in [-0.25, -0.2) is 0 Å². The monoisotopic (exact) mass is 373 g/mol. The Morgan fingerprint density at radius 2 is 2.08 bits per heavy atom. The zero-order valence-corrected chi connectivity index (χ0v) is 14.8. The van der Waals surface area contributed by atoms with Gasteiger partial charge in [-0.1, -0.05) is 30.3 Å². The van der Waals surface area contributed by atoms with Crippen molar-refractivity contribution >= 4 is 47.5 Å². The lowest BCUT2D eigenvalue weighted by molar-refractivity contribution is -0.137. The highest BCUT2D eigenvalue weighted by atomic mass is 32.1. The molecule has 0 saturated carbocycles. The van der Waals surface area contributed by atoms with Crippen LogP contribution in [0.2, 0.25) is 0 Å². The largest absolute Gasteiger partial charge is 0.493 e. The zero-order chi connectivity index (χ0) is 17.8. The predicted molar refractivity (Wildman–Crippen MR) is 101 cm³/mol. The molecule has 1 aromatic carbocycles.